The molecule has 1 heterocycles. The van der Waals surface area contributed by atoms with E-state index in [1.165, 1.54) is 5.56 Å². The van der Waals surface area contributed by atoms with Gasteiger partial charge in [0.25, 0.3) is 5.89 Å². The standard InChI is InChI=1S/C18H17ClN2O2/c1-11(2)22-16-9-8-14(10-15(16)19)17-20-18(23-21-17)13-6-4-12(3)5-7-13/h4-11H,1-3H3. The molecule has 118 valence electrons. The van der Waals surface area contributed by atoms with Crippen molar-refractivity contribution >= 4 is 11.6 Å². The molecular formula is C18H17ClN2O2. The molecule has 0 saturated carbocycles. The van der Waals surface area contributed by atoms with E-state index in [1.54, 1.807) is 6.07 Å². The summed E-state index contributed by atoms with van der Waals surface area (Å²) in [4.78, 5) is 4.43. The van der Waals surface area contributed by atoms with Crippen LogP contribution in [0.1, 0.15) is 19.4 Å². The molecule has 3 rings (SSSR count). The van der Waals surface area contributed by atoms with Crippen LogP contribution in [0.2, 0.25) is 5.02 Å². The molecule has 0 aliphatic heterocycles. The maximum atomic E-state index is 6.25. The molecule has 0 aliphatic carbocycles. The largest absolute Gasteiger partial charge is 0.489 e. The van der Waals surface area contributed by atoms with Crippen molar-refractivity contribution in [2.45, 2.75) is 26.9 Å². The van der Waals surface area contributed by atoms with Crippen LogP contribution in [0.15, 0.2) is 47.0 Å². The Morgan fingerprint density at radius 3 is 2.39 bits per heavy atom. The van der Waals surface area contributed by atoms with Gasteiger partial charge in [-0.05, 0) is 51.1 Å². The van der Waals surface area contributed by atoms with Gasteiger partial charge in [0.1, 0.15) is 5.75 Å². The summed E-state index contributed by atoms with van der Waals surface area (Å²) in [7, 11) is 0. The second kappa shape index (κ2) is 6.42. The third kappa shape index (κ3) is 3.54. The molecule has 2 aromatic carbocycles. The van der Waals surface area contributed by atoms with E-state index in [2.05, 4.69) is 10.1 Å². The molecule has 0 amide bonds. The molecule has 23 heavy (non-hydrogen) atoms. The molecule has 3 aromatic rings. The molecule has 0 radical (unpaired) electrons. The normalized spacial score (nSPS) is 11.0. The minimum atomic E-state index is 0.0664. The topological polar surface area (TPSA) is 48.2 Å². The summed E-state index contributed by atoms with van der Waals surface area (Å²) in [6, 6.07) is 13.4. The molecule has 0 bridgehead atoms. The van der Waals surface area contributed by atoms with Crippen molar-refractivity contribution in [2.75, 3.05) is 0 Å². The van der Waals surface area contributed by atoms with Gasteiger partial charge in [-0.3, -0.25) is 0 Å². The van der Waals surface area contributed by atoms with Gasteiger partial charge in [0.15, 0.2) is 0 Å². The van der Waals surface area contributed by atoms with Crippen molar-refractivity contribution < 1.29 is 9.26 Å². The minimum absolute atomic E-state index is 0.0664. The first-order valence-electron chi connectivity index (χ1n) is 7.40. The van der Waals surface area contributed by atoms with E-state index in [1.807, 2.05) is 57.2 Å². The predicted molar refractivity (Wildman–Crippen MR) is 90.7 cm³/mol. The van der Waals surface area contributed by atoms with Gasteiger partial charge in [0.2, 0.25) is 5.82 Å². The maximum Gasteiger partial charge on any atom is 0.258 e. The number of hydrogen-bond acceptors (Lipinski definition) is 4. The number of aryl methyl sites for hydroxylation is 1. The lowest BCUT2D eigenvalue weighted by Gasteiger charge is -2.11. The van der Waals surface area contributed by atoms with Crippen molar-refractivity contribution in [3.63, 3.8) is 0 Å². The Kier molecular flexibility index (Phi) is 4.35. The molecule has 0 fully saturated rings. The van der Waals surface area contributed by atoms with Crippen molar-refractivity contribution in [3.8, 4) is 28.6 Å². The highest BCUT2D eigenvalue weighted by atomic mass is 35.5. The van der Waals surface area contributed by atoms with E-state index in [0.29, 0.717) is 22.5 Å². The SMILES string of the molecule is Cc1ccc(-c2nc(-c3ccc(OC(C)C)c(Cl)c3)no2)cc1. The fraction of sp³-hybridized carbons (Fsp3) is 0.222. The number of ether oxygens (including phenoxy) is 1. The highest BCUT2D eigenvalue weighted by Crippen LogP contribution is 2.31. The Hall–Kier alpha value is -2.33. The smallest absolute Gasteiger partial charge is 0.258 e. The van der Waals surface area contributed by atoms with Crippen LogP contribution in [-0.4, -0.2) is 16.2 Å². The van der Waals surface area contributed by atoms with Gasteiger partial charge >= 0.3 is 0 Å². The first-order valence-corrected chi connectivity index (χ1v) is 7.78. The van der Waals surface area contributed by atoms with Crippen LogP contribution in [0.25, 0.3) is 22.8 Å². The fourth-order valence-electron chi connectivity index (χ4n) is 2.14. The van der Waals surface area contributed by atoms with Crippen LogP contribution in [0.5, 0.6) is 5.75 Å². The van der Waals surface area contributed by atoms with Gasteiger partial charge in [-0.1, -0.05) is 34.5 Å². The Balaban J connectivity index is 1.88. The Morgan fingerprint density at radius 2 is 1.74 bits per heavy atom. The zero-order valence-corrected chi connectivity index (χ0v) is 14.0. The van der Waals surface area contributed by atoms with Crippen LogP contribution >= 0.6 is 11.6 Å². The van der Waals surface area contributed by atoms with Crippen molar-refractivity contribution in [1.82, 2.24) is 10.1 Å². The van der Waals surface area contributed by atoms with E-state index >= 15 is 0 Å². The lowest BCUT2D eigenvalue weighted by Crippen LogP contribution is -2.05. The van der Waals surface area contributed by atoms with E-state index < -0.39 is 0 Å². The van der Waals surface area contributed by atoms with Crippen LogP contribution in [0.4, 0.5) is 0 Å². The highest BCUT2D eigenvalue weighted by molar-refractivity contribution is 6.32. The number of nitrogens with zero attached hydrogens (tertiary/aromatic N) is 2. The second-order valence-corrected chi connectivity index (χ2v) is 6.01. The van der Waals surface area contributed by atoms with Gasteiger partial charge in [-0.15, -0.1) is 0 Å². The Bertz CT molecular complexity index is 810. The van der Waals surface area contributed by atoms with Crippen LogP contribution in [-0.2, 0) is 0 Å². The number of benzene rings is 2. The summed E-state index contributed by atoms with van der Waals surface area (Å²) >= 11 is 6.25. The van der Waals surface area contributed by atoms with Crippen LogP contribution in [0.3, 0.4) is 0 Å². The molecule has 0 aliphatic rings. The molecule has 0 unspecified atom stereocenters. The van der Waals surface area contributed by atoms with Crippen molar-refractivity contribution in [1.29, 1.82) is 0 Å². The van der Waals surface area contributed by atoms with Gasteiger partial charge < -0.3 is 9.26 Å². The number of hydrogen-bond donors (Lipinski definition) is 0. The maximum absolute atomic E-state index is 6.25. The molecule has 1 aromatic heterocycles. The first-order chi connectivity index (χ1) is 11.0. The summed E-state index contributed by atoms with van der Waals surface area (Å²) in [5.74, 6) is 1.63. The quantitative estimate of drug-likeness (QED) is 0.664. The molecular weight excluding hydrogens is 312 g/mol. The average molecular weight is 329 g/mol. The lowest BCUT2D eigenvalue weighted by atomic mass is 10.1. The van der Waals surface area contributed by atoms with E-state index in [4.69, 9.17) is 20.9 Å². The fourth-order valence-corrected chi connectivity index (χ4v) is 2.37. The number of rotatable bonds is 4. The predicted octanol–water partition coefficient (Wildman–Crippen LogP) is 5.15. The summed E-state index contributed by atoms with van der Waals surface area (Å²) in [6.07, 6.45) is 0.0664. The van der Waals surface area contributed by atoms with Crippen molar-refractivity contribution in [2.24, 2.45) is 0 Å². The summed E-state index contributed by atoms with van der Waals surface area (Å²) in [5, 5.41) is 4.56. The molecule has 0 spiro atoms. The Morgan fingerprint density at radius 1 is 1.04 bits per heavy atom. The van der Waals surface area contributed by atoms with Gasteiger partial charge in [0, 0.05) is 11.1 Å². The number of halogens is 1. The third-order valence-electron chi connectivity index (χ3n) is 3.28. The molecule has 0 N–H and O–H groups in total. The van der Waals surface area contributed by atoms with Gasteiger partial charge in [-0.2, -0.15) is 4.98 Å². The average Bonchev–Trinajstić information content (AvgIpc) is 2.99. The third-order valence-corrected chi connectivity index (χ3v) is 3.57. The zero-order chi connectivity index (χ0) is 16.4. The zero-order valence-electron chi connectivity index (χ0n) is 13.2. The molecule has 4 nitrogen and oxygen atoms in total. The monoisotopic (exact) mass is 328 g/mol. The number of aromatic nitrogens is 2. The lowest BCUT2D eigenvalue weighted by molar-refractivity contribution is 0.242. The van der Waals surface area contributed by atoms with Gasteiger partial charge in [-0.25, -0.2) is 0 Å². The van der Waals surface area contributed by atoms with E-state index in [-0.39, 0.29) is 6.10 Å². The van der Waals surface area contributed by atoms with E-state index in [9.17, 15) is 0 Å². The molecule has 0 atom stereocenters. The first kappa shape index (κ1) is 15.6. The summed E-state index contributed by atoms with van der Waals surface area (Å²) in [6.45, 7) is 5.94. The highest BCUT2D eigenvalue weighted by Gasteiger charge is 2.13. The van der Waals surface area contributed by atoms with Crippen molar-refractivity contribution in [3.05, 3.63) is 53.1 Å². The second-order valence-electron chi connectivity index (χ2n) is 5.60. The molecule has 0 saturated heterocycles. The van der Waals surface area contributed by atoms with Crippen LogP contribution < -0.4 is 4.74 Å². The summed E-state index contributed by atoms with van der Waals surface area (Å²) < 4.78 is 11.0. The van der Waals surface area contributed by atoms with Gasteiger partial charge in [0.05, 0.1) is 11.1 Å². The van der Waals surface area contributed by atoms with Crippen LogP contribution in [0, 0.1) is 6.92 Å². The van der Waals surface area contributed by atoms with E-state index in [0.717, 1.165) is 11.1 Å². The summed E-state index contributed by atoms with van der Waals surface area (Å²) in [5.41, 5.74) is 2.86. The Labute approximate surface area is 140 Å². The molecule has 5 heteroatoms. The minimum Gasteiger partial charge on any atom is -0.489 e.